The molecule has 2 N–H and O–H groups in total. The predicted octanol–water partition coefficient (Wildman–Crippen LogP) is 3.43. The fourth-order valence-corrected chi connectivity index (χ4v) is 2.84. The van der Waals surface area contributed by atoms with E-state index in [9.17, 15) is 9.59 Å². The molecule has 0 spiro atoms. The minimum absolute atomic E-state index is 0.236. The van der Waals surface area contributed by atoms with E-state index >= 15 is 0 Å². The normalized spacial score (nSPS) is 10.7. The van der Waals surface area contributed by atoms with Crippen LogP contribution in [-0.2, 0) is 0 Å². The smallest absolute Gasteiger partial charge is 0.272 e. The van der Waals surface area contributed by atoms with Gasteiger partial charge in [-0.05, 0) is 49.2 Å². The molecule has 0 aliphatic rings. The number of unbranched alkanes of at least 4 members (excludes halogenated alkanes) is 1. The molecule has 3 aromatic rings. The summed E-state index contributed by atoms with van der Waals surface area (Å²) in [6.07, 6.45) is 3.70. The van der Waals surface area contributed by atoms with Gasteiger partial charge in [0.15, 0.2) is 11.5 Å². The van der Waals surface area contributed by atoms with Gasteiger partial charge in [-0.15, -0.1) is 0 Å². The molecule has 2 amide bonds. The van der Waals surface area contributed by atoms with Gasteiger partial charge in [-0.25, -0.2) is 4.98 Å². The van der Waals surface area contributed by atoms with Gasteiger partial charge in [0, 0.05) is 18.3 Å². The molecular formula is C21H24N4O3. The van der Waals surface area contributed by atoms with Gasteiger partial charge in [-0.2, -0.15) is 0 Å². The highest BCUT2D eigenvalue weighted by Gasteiger charge is 2.21. The number of hydrogen-bond acceptors (Lipinski definition) is 4. The van der Waals surface area contributed by atoms with Crippen LogP contribution in [0.5, 0.6) is 5.75 Å². The molecule has 0 saturated heterocycles. The second-order valence-electron chi connectivity index (χ2n) is 6.54. The molecule has 0 fully saturated rings. The average molecular weight is 380 g/mol. The number of nitrogens with zero attached hydrogens (tertiary/aromatic N) is 2. The van der Waals surface area contributed by atoms with Crippen molar-refractivity contribution in [2.24, 2.45) is 0 Å². The fourth-order valence-electron chi connectivity index (χ4n) is 2.84. The van der Waals surface area contributed by atoms with Crippen LogP contribution in [0, 0.1) is 6.92 Å². The molecule has 0 aliphatic heterocycles. The van der Waals surface area contributed by atoms with Crippen LogP contribution < -0.4 is 15.4 Å². The fraction of sp³-hybridized carbons (Fsp3) is 0.286. The number of aryl methyl sites for hydroxylation is 1. The van der Waals surface area contributed by atoms with Crippen LogP contribution in [0.3, 0.4) is 0 Å². The van der Waals surface area contributed by atoms with E-state index in [2.05, 4.69) is 22.5 Å². The lowest BCUT2D eigenvalue weighted by molar-refractivity contribution is 0.0948. The summed E-state index contributed by atoms with van der Waals surface area (Å²) < 4.78 is 6.82. The van der Waals surface area contributed by atoms with Crippen molar-refractivity contribution in [1.82, 2.24) is 14.7 Å². The number of nitrogens with one attached hydrogen (secondary N) is 2. The van der Waals surface area contributed by atoms with E-state index in [0.29, 0.717) is 29.2 Å². The zero-order valence-corrected chi connectivity index (χ0v) is 16.3. The molecule has 7 nitrogen and oxygen atoms in total. The maximum Gasteiger partial charge on any atom is 0.272 e. The number of ether oxygens (including phenoxy) is 1. The highest BCUT2D eigenvalue weighted by Crippen LogP contribution is 2.20. The highest BCUT2D eigenvalue weighted by atomic mass is 16.5. The second-order valence-corrected chi connectivity index (χ2v) is 6.54. The van der Waals surface area contributed by atoms with E-state index in [1.807, 2.05) is 25.3 Å². The second kappa shape index (κ2) is 8.56. The van der Waals surface area contributed by atoms with Crippen molar-refractivity contribution in [2.75, 3.05) is 19.0 Å². The van der Waals surface area contributed by atoms with E-state index < -0.39 is 0 Å². The number of amides is 2. The summed E-state index contributed by atoms with van der Waals surface area (Å²) in [6.45, 7) is 4.57. The molecule has 2 heterocycles. The SMILES string of the molecule is CCCCNC(=O)c1c(NC(=O)c2ccc(OC)cc2)nc2ccc(C)cn12. The predicted molar refractivity (Wildman–Crippen MR) is 108 cm³/mol. The molecule has 1 aromatic carbocycles. The molecule has 3 rings (SSSR count). The molecule has 0 aliphatic carbocycles. The van der Waals surface area contributed by atoms with Crippen molar-refractivity contribution in [3.8, 4) is 5.75 Å². The van der Waals surface area contributed by atoms with Gasteiger partial charge < -0.3 is 15.4 Å². The van der Waals surface area contributed by atoms with Crippen molar-refractivity contribution in [1.29, 1.82) is 0 Å². The summed E-state index contributed by atoms with van der Waals surface area (Å²) in [5, 5.41) is 5.67. The Hall–Kier alpha value is -3.35. The van der Waals surface area contributed by atoms with Crippen LogP contribution in [-0.4, -0.2) is 34.9 Å². The molecule has 0 saturated carbocycles. The number of carbonyl (C=O) groups excluding carboxylic acids is 2. The third-order valence-corrected chi connectivity index (χ3v) is 4.38. The summed E-state index contributed by atoms with van der Waals surface area (Å²) >= 11 is 0. The van der Waals surface area contributed by atoms with Crippen LogP contribution in [0.2, 0.25) is 0 Å². The van der Waals surface area contributed by atoms with Gasteiger partial charge in [-0.1, -0.05) is 19.4 Å². The number of hydrogen-bond donors (Lipinski definition) is 2. The Morgan fingerprint density at radius 2 is 1.86 bits per heavy atom. The minimum atomic E-state index is -0.342. The number of fused-ring (bicyclic) bond motifs is 1. The number of pyridine rings is 1. The first-order valence-electron chi connectivity index (χ1n) is 9.25. The van der Waals surface area contributed by atoms with Gasteiger partial charge in [0.2, 0.25) is 0 Å². The Kier molecular flexibility index (Phi) is 5.93. The van der Waals surface area contributed by atoms with Crippen molar-refractivity contribution >= 4 is 23.3 Å². The summed E-state index contributed by atoms with van der Waals surface area (Å²) in [4.78, 5) is 29.9. The largest absolute Gasteiger partial charge is 0.497 e. The van der Waals surface area contributed by atoms with Crippen molar-refractivity contribution in [3.63, 3.8) is 0 Å². The molecule has 0 bridgehead atoms. The first-order chi connectivity index (χ1) is 13.5. The third-order valence-electron chi connectivity index (χ3n) is 4.38. The van der Waals surface area contributed by atoms with E-state index in [0.717, 1.165) is 18.4 Å². The molecule has 0 radical (unpaired) electrons. The number of anilines is 1. The zero-order valence-electron chi connectivity index (χ0n) is 16.3. The van der Waals surface area contributed by atoms with Crippen molar-refractivity contribution in [3.05, 3.63) is 59.4 Å². The van der Waals surface area contributed by atoms with Crippen LogP contribution in [0.15, 0.2) is 42.6 Å². The zero-order chi connectivity index (χ0) is 20.1. The standard InChI is InChI=1S/C21H24N4O3/c1-4-5-12-22-21(27)18-19(23-17-11-6-14(2)13-25(17)18)24-20(26)15-7-9-16(28-3)10-8-15/h6-11,13H,4-5,12H2,1-3H3,(H,22,27)(H,24,26). The number of benzene rings is 1. The van der Waals surface area contributed by atoms with Crippen LogP contribution >= 0.6 is 0 Å². The number of aromatic nitrogens is 2. The van der Waals surface area contributed by atoms with Crippen molar-refractivity contribution < 1.29 is 14.3 Å². The minimum Gasteiger partial charge on any atom is -0.497 e. The maximum atomic E-state index is 12.8. The Labute approximate surface area is 163 Å². The summed E-state index contributed by atoms with van der Waals surface area (Å²) in [5.74, 6) is 0.290. The van der Waals surface area contributed by atoms with E-state index in [-0.39, 0.29) is 17.6 Å². The topological polar surface area (TPSA) is 84.7 Å². The van der Waals surface area contributed by atoms with Crippen LogP contribution in [0.1, 0.15) is 46.2 Å². The third kappa shape index (κ3) is 4.14. The quantitative estimate of drug-likeness (QED) is 0.615. The summed E-state index contributed by atoms with van der Waals surface area (Å²) in [6, 6.07) is 10.5. The lowest BCUT2D eigenvalue weighted by Gasteiger charge is -2.08. The average Bonchev–Trinajstić information content (AvgIpc) is 3.05. The Morgan fingerprint density at radius 3 is 2.54 bits per heavy atom. The first-order valence-corrected chi connectivity index (χ1v) is 9.25. The number of carbonyl (C=O) groups is 2. The molecule has 0 atom stereocenters. The number of rotatable bonds is 7. The number of imidazole rings is 1. The summed E-state index contributed by atoms with van der Waals surface area (Å²) in [7, 11) is 1.57. The molecule has 146 valence electrons. The van der Waals surface area contributed by atoms with Gasteiger partial charge in [0.05, 0.1) is 7.11 Å². The van der Waals surface area contributed by atoms with E-state index in [1.165, 1.54) is 0 Å². The summed E-state index contributed by atoms with van der Waals surface area (Å²) in [5.41, 5.74) is 2.35. The molecule has 2 aromatic heterocycles. The first kappa shape index (κ1) is 19.4. The van der Waals surface area contributed by atoms with E-state index in [1.54, 1.807) is 35.8 Å². The maximum absolute atomic E-state index is 12.8. The van der Waals surface area contributed by atoms with Crippen LogP contribution in [0.4, 0.5) is 5.82 Å². The van der Waals surface area contributed by atoms with Crippen molar-refractivity contribution in [2.45, 2.75) is 26.7 Å². The lowest BCUT2D eigenvalue weighted by Crippen LogP contribution is -2.27. The molecule has 28 heavy (non-hydrogen) atoms. The van der Waals surface area contributed by atoms with Gasteiger partial charge in [-0.3, -0.25) is 14.0 Å². The molecule has 0 unspecified atom stereocenters. The number of methoxy groups -OCH3 is 1. The Bertz CT molecular complexity index is 993. The van der Waals surface area contributed by atoms with Gasteiger partial charge in [0.1, 0.15) is 11.4 Å². The van der Waals surface area contributed by atoms with Crippen LogP contribution in [0.25, 0.3) is 5.65 Å². The highest BCUT2D eigenvalue weighted by molar-refractivity contribution is 6.08. The Balaban J connectivity index is 1.93. The van der Waals surface area contributed by atoms with Gasteiger partial charge >= 0.3 is 0 Å². The lowest BCUT2D eigenvalue weighted by atomic mass is 10.2. The Morgan fingerprint density at radius 1 is 1.11 bits per heavy atom. The molecular weight excluding hydrogens is 356 g/mol. The van der Waals surface area contributed by atoms with E-state index in [4.69, 9.17) is 4.74 Å². The molecule has 7 heteroatoms. The monoisotopic (exact) mass is 380 g/mol. The van der Waals surface area contributed by atoms with Gasteiger partial charge in [0.25, 0.3) is 11.8 Å².